The standard InChI is InChI=1S/C12H15F3N4O2/c1-8-7-9(2)18(17-8)6-3-10(20)19-11(21,4-5-16-19)12(13,14)15/h5,7,21H,3-4,6H2,1-2H3/t11-/m0/s1. The Labute approximate surface area is 118 Å². The fourth-order valence-electron chi connectivity index (χ4n) is 2.15. The van der Waals surface area contributed by atoms with E-state index in [4.69, 9.17) is 0 Å². The van der Waals surface area contributed by atoms with E-state index in [9.17, 15) is 23.1 Å². The summed E-state index contributed by atoms with van der Waals surface area (Å²) in [6.45, 7) is 3.68. The van der Waals surface area contributed by atoms with Crippen molar-refractivity contribution in [1.29, 1.82) is 0 Å². The van der Waals surface area contributed by atoms with E-state index < -0.39 is 24.2 Å². The summed E-state index contributed by atoms with van der Waals surface area (Å²) in [5, 5.41) is 17.2. The number of carbonyl (C=O) groups is 1. The van der Waals surface area contributed by atoms with Crippen molar-refractivity contribution >= 4 is 12.1 Å². The summed E-state index contributed by atoms with van der Waals surface area (Å²) in [5.74, 6) is -0.906. The number of nitrogens with zero attached hydrogens (tertiary/aromatic N) is 4. The number of hydrogen-bond donors (Lipinski definition) is 1. The third-order valence-corrected chi connectivity index (χ3v) is 3.25. The molecule has 1 N–H and O–H groups in total. The quantitative estimate of drug-likeness (QED) is 0.916. The van der Waals surface area contributed by atoms with Crippen LogP contribution in [0.2, 0.25) is 0 Å². The highest BCUT2D eigenvalue weighted by Gasteiger charge is 2.61. The second kappa shape index (κ2) is 5.14. The van der Waals surface area contributed by atoms with Crippen molar-refractivity contribution in [3.8, 4) is 0 Å². The van der Waals surface area contributed by atoms with E-state index in [1.807, 2.05) is 0 Å². The third kappa shape index (κ3) is 2.78. The molecule has 1 aromatic heterocycles. The molecule has 116 valence electrons. The van der Waals surface area contributed by atoms with Crippen LogP contribution in [0.5, 0.6) is 0 Å². The zero-order valence-electron chi connectivity index (χ0n) is 11.6. The molecule has 2 heterocycles. The fourth-order valence-corrected chi connectivity index (χ4v) is 2.15. The zero-order valence-corrected chi connectivity index (χ0v) is 11.6. The Hall–Kier alpha value is -1.90. The van der Waals surface area contributed by atoms with Gasteiger partial charge in [0.1, 0.15) is 0 Å². The molecule has 0 saturated carbocycles. The number of halogens is 3. The van der Waals surface area contributed by atoms with Gasteiger partial charge in [0.15, 0.2) is 0 Å². The van der Waals surface area contributed by atoms with Crippen molar-refractivity contribution in [1.82, 2.24) is 14.8 Å². The average Bonchev–Trinajstić information content (AvgIpc) is 2.90. The first kappa shape index (κ1) is 15.5. The van der Waals surface area contributed by atoms with Crippen LogP contribution >= 0.6 is 0 Å². The Morgan fingerprint density at radius 2 is 2.14 bits per heavy atom. The first-order valence-electron chi connectivity index (χ1n) is 6.31. The van der Waals surface area contributed by atoms with E-state index in [1.54, 1.807) is 19.9 Å². The number of rotatable bonds is 3. The highest BCUT2D eigenvalue weighted by molar-refractivity contribution is 5.80. The summed E-state index contributed by atoms with van der Waals surface area (Å²) in [7, 11) is 0. The lowest BCUT2D eigenvalue weighted by Gasteiger charge is -2.32. The van der Waals surface area contributed by atoms with E-state index in [0.29, 0.717) is 0 Å². The van der Waals surface area contributed by atoms with Crippen LogP contribution in [0.4, 0.5) is 13.2 Å². The number of carbonyl (C=O) groups excluding carboxylic acids is 1. The highest BCUT2D eigenvalue weighted by atomic mass is 19.4. The Morgan fingerprint density at radius 3 is 2.67 bits per heavy atom. The van der Waals surface area contributed by atoms with E-state index in [-0.39, 0.29) is 18.0 Å². The molecule has 0 unspecified atom stereocenters. The molecule has 1 aliphatic rings. The van der Waals surface area contributed by atoms with Crippen LogP contribution in [0.15, 0.2) is 11.2 Å². The number of aromatic nitrogens is 2. The maximum Gasteiger partial charge on any atom is 0.438 e. The summed E-state index contributed by atoms with van der Waals surface area (Å²) in [6, 6.07) is 1.80. The van der Waals surface area contributed by atoms with Crippen LogP contribution < -0.4 is 0 Å². The number of aliphatic hydroxyl groups is 1. The lowest BCUT2D eigenvalue weighted by molar-refractivity contribution is -0.302. The minimum absolute atomic E-state index is 0.110. The van der Waals surface area contributed by atoms with Crippen LogP contribution in [0.25, 0.3) is 0 Å². The van der Waals surface area contributed by atoms with Gasteiger partial charge in [-0.05, 0) is 19.9 Å². The molecule has 1 aliphatic heterocycles. The van der Waals surface area contributed by atoms with Gasteiger partial charge in [-0.2, -0.15) is 28.4 Å². The largest absolute Gasteiger partial charge is 0.438 e. The minimum atomic E-state index is -4.96. The third-order valence-electron chi connectivity index (χ3n) is 3.25. The van der Waals surface area contributed by atoms with Gasteiger partial charge in [0, 0.05) is 24.8 Å². The second-order valence-corrected chi connectivity index (χ2v) is 4.92. The molecule has 0 radical (unpaired) electrons. The van der Waals surface area contributed by atoms with E-state index in [1.165, 1.54) is 4.68 Å². The Kier molecular flexibility index (Phi) is 3.79. The molecule has 0 fully saturated rings. The van der Waals surface area contributed by atoms with E-state index in [0.717, 1.165) is 17.6 Å². The fraction of sp³-hybridized carbons (Fsp3) is 0.583. The molecular formula is C12H15F3N4O2. The van der Waals surface area contributed by atoms with E-state index in [2.05, 4.69) is 10.2 Å². The molecule has 1 aromatic rings. The smallest absolute Gasteiger partial charge is 0.362 e. The summed E-state index contributed by atoms with van der Waals surface area (Å²) < 4.78 is 40.1. The lowest BCUT2D eigenvalue weighted by atomic mass is 10.1. The van der Waals surface area contributed by atoms with Gasteiger partial charge in [0.25, 0.3) is 5.72 Å². The predicted molar refractivity (Wildman–Crippen MR) is 67.3 cm³/mol. The average molecular weight is 304 g/mol. The topological polar surface area (TPSA) is 70.7 Å². The molecule has 0 saturated heterocycles. The molecular weight excluding hydrogens is 289 g/mol. The summed E-state index contributed by atoms with van der Waals surface area (Å²) >= 11 is 0. The Morgan fingerprint density at radius 1 is 1.48 bits per heavy atom. The van der Waals surface area contributed by atoms with Crippen LogP contribution in [-0.4, -0.2) is 43.9 Å². The summed E-state index contributed by atoms with van der Waals surface area (Å²) in [5.41, 5.74) is -1.69. The van der Waals surface area contributed by atoms with Gasteiger partial charge in [-0.1, -0.05) is 0 Å². The van der Waals surface area contributed by atoms with E-state index >= 15 is 0 Å². The van der Waals surface area contributed by atoms with Gasteiger partial charge in [-0.25, -0.2) is 0 Å². The summed E-state index contributed by atoms with van der Waals surface area (Å²) in [4.78, 5) is 11.9. The number of hydrogen-bond acceptors (Lipinski definition) is 4. The Balaban J connectivity index is 2.06. The van der Waals surface area contributed by atoms with Gasteiger partial charge >= 0.3 is 6.18 Å². The number of hydrazone groups is 1. The van der Waals surface area contributed by atoms with Gasteiger partial charge < -0.3 is 5.11 Å². The number of amides is 1. The van der Waals surface area contributed by atoms with Crippen molar-refractivity contribution in [2.75, 3.05) is 0 Å². The first-order chi connectivity index (χ1) is 9.65. The molecule has 6 nitrogen and oxygen atoms in total. The van der Waals surface area contributed by atoms with Crippen LogP contribution in [0, 0.1) is 13.8 Å². The minimum Gasteiger partial charge on any atom is -0.362 e. The zero-order chi connectivity index (χ0) is 15.8. The molecule has 0 aromatic carbocycles. The van der Waals surface area contributed by atoms with Gasteiger partial charge in [-0.15, -0.1) is 0 Å². The van der Waals surface area contributed by atoms with Gasteiger partial charge in [0.2, 0.25) is 5.91 Å². The monoisotopic (exact) mass is 304 g/mol. The molecule has 0 aliphatic carbocycles. The van der Waals surface area contributed by atoms with Crippen LogP contribution in [-0.2, 0) is 11.3 Å². The summed E-state index contributed by atoms with van der Waals surface area (Å²) in [6.07, 6.45) is -5.08. The maximum absolute atomic E-state index is 12.8. The number of alkyl halides is 3. The molecule has 9 heteroatoms. The molecule has 1 amide bonds. The molecule has 0 spiro atoms. The molecule has 21 heavy (non-hydrogen) atoms. The second-order valence-electron chi connectivity index (χ2n) is 4.92. The molecule has 1 atom stereocenters. The van der Waals surface area contributed by atoms with Crippen molar-refractivity contribution in [3.63, 3.8) is 0 Å². The van der Waals surface area contributed by atoms with Crippen molar-refractivity contribution in [3.05, 3.63) is 17.5 Å². The molecule has 0 bridgehead atoms. The SMILES string of the molecule is Cc1cc(C)n(CCC(=O)N2N=CC[C@]2(O)C(F)(F)F)n1. The molecule has 2 rings (SSSR count). The van der Waals surface area contributed by atoms with Crippen molar-refractivity contribution < 1.29 is 23.1 Å². The first-order valence-corrected chi connectivity index (χ1v) is 6.31. The lowest BCUT2D eigenvalue weighted by Crippen LogP contribution is -2.56. The predicted octanol–water partition coefficient (Wildman–Crippen LogP) is 1.36. The number of aryl methyl sites for hydroxylation is 3. The van der Waals surface area contributed by atoms with Crippen molar-refractivity contribution in [2.45, 2.75) is 45.1 Å². The van der Waals surface area contributed by atoms with Gasteiger partial charge in [-0.3, -0.25) is 9.48 Å². The van der Waals surface area contributed by atoms with Crippen LogP contribution in [0.3, 0.4) is 0 Å². The Bertz CT molecular complexity index is 582. The van der Waals surface area contributed by atoms with Crippen LogP contribution in [0.1, 0.15) is 24.2 Å². The maximum atomic E-state index is 12.8. The highest BCUT2D eigenvalue weighted by Crippen LogP contribution is 2.38. The normalized spacial score (nSPS) is 22.1. The van der Waals surface area contributed by atoms with Gasteiger partial charge in [0.05, 0.1) is 12.2 Å². The van der Waals surface area contributed by atoms with Crippen molar-refractivity contribution in [2.24, 2.45) is 5.10 Å².